The van der Waals surface area contributed by atoms with Gasteiger partial charge in [0.2, 0.25) is 0 Å². The zero-order valence-electron chi connectivity index (χ0n) is 12.8. The minimum absolute atomic E-state index is 0.703. The molecule has 0 amide bonds. The predicted octanol–water partition coefficient (Wildman–Crippen LogP) is 2.32. The summed E-state index contributed by atoms with van der Waals surface area (Å²) < 4.78 is 7.71. The average molecular weight is 288 g/mol. The van der Waals surface area contributed by atoms with Crippen molar-refractivity contribution in [3.05, 3.63) is 42.5 Å². The second kappa shape index (κ2) is 7.69. The van der Waals surface area contributed by atoms with Crippen LogP contribution in [0.2, 0.25) is 0 Å². The monoisotopic (exact) mass is 288 g/mol. The molecule has 5 nitrogen and oxygen atoms in total. The Bertz CT molecular complexity index is 539. The molecule has 2 N–H and O–H groups in total. The van der Waals surface area contributed by atoms with Crippen molar-refractivity contribution in [2.45, 2.75) is 20.4 Å². The van der Waals surface area contributed by atoms with Gasteiger partial charge in [-0.2, -0.15) is 0 Å². The van der Waals surface area contributed by atoms with E-state index in [1.165, 1.54) is 5.69 Å². The van der Waals surface area contributed by atoms with E-state index in [9.17, 15) is 0 Å². The third-order valence-electron chi connectivity index (χ3n) is 3.56. The van der Waals surface area contributed by atoms with Crippen molar-refractivity contribution in [3.63, 3.8) is 0 Å². The number of anilines is 2. The molecule has 0 radical (unpaired) electrons. The predicted molar refractivity (Wildman–Crippen MR) is 86.5 cm³/mol. The van der Waals surface area contributed by atoms with Crippen LogP contribution in [0, 0.1) is 6.92 Å². The first-order chi connectivity index (χ1) is 10.2. The van der Waals surface area contributed by atoms with E-state index in [-0.39, 0.29) is 0 Å². The molecule has 0 aliphatic rings. The Balaban J connectivity index is 1.75. The molecule has 1 aromatic heterocycles. The lowest BCUT2D eigenvalue weighted by atomic mass is 10.1. The number of nitrogen functional groups attached to an aromatic ring is 1. The number of benzene rings is 1. The van der Waals surface area contributed by atoms with E-state index < -0.39 is 0 Å². The van der Waals surface area contributed by atoms with Crippen LogP contribution in [0.4, 0.5) is 11.4 Å². The number of aryl methyl sites for hydroxylation is 1. The normalized spacial score (nSPS) is 10.8. The summed E-state index contributed by atoms with van der Waals surface area (Å²) in [6.45, 7) is 8.28. The summed E-state index contributed by atoms with van der Waals surface area (Å²) in [6.07, 6.45) is 5.53. The SMILES string of the molecule is CCN(CCOCCn1ccnc1)c1ccc(N)c(C)c1. The fraction of sp³-hybridized carbons (Fsp3) is 0.438. The molecule has 1 aromatic carbocycles. The lowest BCUT2D eigenvalue weighted by molar-refractivity contribution is 0.132. The van der Waals surface area contributed by atoms with Gasteiger partial charge in [0, 0.05) is 43.4 Å². The highest BCUT2D eigenvalue weighted by Gasteiger charge is 2.05. The van der Waals surface area contributed by atoms with E-state index in [1.54, 1.807) is 12.5 Å². The van der Waals surface area contributed by atoms with Crippen LogP contribution in [0.5, 0.6) is 0 Å². The minimum atomic E-state index is 0.703. The summed E-state index contributed by atoms with van der Waals surface area (Å²) in [5.74, 6) is 0. The summed E-state index contributed by atoms with van der Waals surface area (Å²) in [4.78, 5) is 6.30. The van der Waals surface area contributed by atoms with Crippen molar-refractivity contribution >= 4 is 11.4 Å². The first-order valence-electron chi connectivity index (χ1n) is 7.35. The van der Waals surface area contributed by atoms with Crippen LogP contribution in [0.3, 0.4) is 0 Å². The highest BCUT2D eigenvalue weighted by Crippen LogP contribution is 2.20. The molecule has 0 aliphatic carbocycles. The van der Waals surface area contributed by atoms with Crippen LogP contribution >= 0.6 is 0 Å². The number of ether oxygens (including phenoxy) is 1. The Hall–Kier alpha value is -2.01. The van der Waals surface area contributed by atoms with Gasteiger partial charge >= 0.3 is 0 Å². The molecule has 0 atom stereocenters. The standard InChI is InChI=1S/C16H24N4O/c1-3-20(15-4-5-16(17)14(2)12-15)9-11-21-10-8-19-7-6-18-13-19/h4-7,12-13H,3,8-11,17H2,1-2H3. The number of hydrogen-bond acceptors (Lipinski definition) is 4. The molecular formula is C16H24N4O. The Kier molecular flexibility index (Phi) is 5.63. The maximum absolute atomic E-state index is 5.87. The molecule has 0 fully saturated rings. The summed E-state index contributed by atoms with van der Waals surface area (Å²) in [7, 11) is 0. The first kappa shape index (κ1) is 15.4. The fourth-order valence-corrected chi connectivity index (χ4v) is 2.19. The van der Waals surface area contributed by atoms with Gasteiger partial charge in [0.05, 0.1) is 19.5 Å². The van der Waals surface area contributed by atoms with Crippen LogP contribution in [-0.2, 0) is 11.3 Å². The Labute approximate surface area is 126 Å². The number of rotatable bonds is 8. The van der Waals surface area contributed by atoms with E-state index >= 15 is 0 Å². The van der Waals surface area contributed by atoms with Gasteiger partial charge in [0.15, 0.2) is 0 Å². The molecule has 2 aromatic rings. The zero-order valence-corrected chi connectivity index (χ0v) is 12.8. The summed E-state index contributed by atoms with van der Waals surface area (Å²) in [6, 6.07) is 6.16. The van der Waals surface area contributed by atoms with Crippen molar-refractivity contribution in [2.24, 2.45) is 0 Å². The second-order valence-electron chi connectivity index (χ2n) is 5.03. The highest BCUT2D eigenvalue weighted by atomic mass is 16.5. The first-order valence-corrected chi connectivity index (χ1v) is 7.35. The van der Waals surface area contributed by atoms with Gasteiger partial charge in [0.25, 0.3) is 0 Å². The van der Waals surface area contributed by atoms with Gasteiger partial charge in [-0.1, -0.05) is 0 Å². The van der Waals surface area contributed by atoms with E-state index in [0.717, 1.165) is 30.9 Å². The molecule has 114 valence electrons. The number of hydrogen-bond donors (Lipinski definition) is 1. The fourth-order valence-electron chi connectivity index (χ4n) is 2.19. The van der Waals surface area contributed by atoms with Crippen LogP contribution in [-0.4, -0.2) is 35.9 Å². The quantitative estimate of drug-likeness (QED) is 0.598. The lowest BCUT2D eigenvalue weighted by Gasteiger charge is -2.23. The second-order valence-corrected chi connectivity index (χ2v) is 5.03. The summed E-state index contributed by atoms with van der Waals surface area (Å²) >= 11 is 0. The van der Waals surface area contributed by atoms with E-state index in [1.807, 2.05) is 23.8 Å². The molecule has 0 aliphatic heterocycles. The van der Waals surface area contributed by atoms with Crippen molar-refractivity contribution in [2.75, 3.05) is 36.9 Å². The maximum Gasteiger partial charge on any atom is 0.0946 e. The van der Waals surface area contributed by atoms with Gasteiger partial charge in [-0.15, -0.1) is 0 Å². The minimum Gasteiger partial charge on any atom is -0.399 e. The molecule has 21 heavy (non-hydrogen) atoms. The molecule has 0 unspecified atom stereocenters. The van der Waals surface area contributed by atoms with Gasteiger partial charge in [-0.25, -0.2) is 4.98 Å². The Morgan fingerprint density at radius 2 is 2.19 bits per heavy atom. The van der Waals surface area contributed by atoms with E-state index in [4.69, 9.17) is 10.5 Å². The molecule has 0 spiro atoms. The van der Waals surface area contributed by atoms with Gasteiger partial charge in [-0.3, -0.25) is 0 Å². The third kappa shape index (κ3) is 4.49. The third-order valence-corrected chi connectivity index (χ3v) is 3.56. The van der Waals surface area contributed by atoms with E-state index in [0.29, 0.717) is 13.2 Å². The molecular weight excluding hydrogens is 264 g/mol. The number of nitrogens with two attached hydrogens (primary N) is 1. The maximum atomic E-state index is 5.87. The van der Waals surface area contributed by atoms with Crippen LogP contribution in [0.15, 0.2) is 36.9 Å². The molecule has 0 bridgehead atoms. The van der Waals surface area contributed by atoms with Crippen molar-refractivity contribution in [3.8, 4) is 0 Å². The Morgan fingerprint density at radius 3 is 2.86 bits per heavy atom. The van der Waals surface area contributed by atoms with E-state index in [2.05, 4.69) is 28.9 Å². The number of nitrogens with zero attached hydrogens (tertiary/aromatic N) is 3. The topological polar surface area (TPSA) is 56.3 Å². The van der Waals surface area contributed by atoms with Crippen molar-refractivity contribution in [1.82, 2.24) is 9.55 Å². The van der Waals surface area contributed by atoms with Crippen LogP contribution < -0.4 is 10.6 Å². The van der Waals surface area contributed by atoms with Crippen molar-refractivity contribution in [1.29, 1.82) is 0 Å². The van der Waals surface area contributed by atoms with Gasteiger partial charge in [-0.05, 0) is 37.6 Å². The number of likely N-dealkylation sites (N-methyl/N-ethyl adjacent to an activating group) is 1. The number of imidazole rings is 1. The van der Waals surface area contributed by atoms with Gasteiger partial charge in [0.1, 0.15) is 0 Å². The summed E-state index contributed by atoms with van der Waals surface area (Å²) in [5, 5.41) is 0. The molecule has 0 saturated heterocycles. The number of aromatic nitrogens is 2. The molecule has 0 saturated carbocycles. The highest BCUT2D eigenvalue weighted by molar-refractivity contribution is 5.57. The smallest absolute Gasteiger partial charge is 0.0946 e. The summed E-state index contributed by atoms with van der Waals surface area (Å²) in [5.41, 5.74) is 9.02. The molecule has 2 rings (SSSR count). The Morgan fingerprint density at radius 1 is 1.33 bits per heavy atom. The average Bonchev–Trinajstić information content (AvgIpc) is 2.99. The molecule has 5 heteroatoms. The van der Waals surface area contributed by atoms with Crippen LogP contribution in [0.1, 0.15) is 12.5 Å². The van der Waals surface area contributed by atoms with Gasteiger partial charge < -0.3 is 19.9 Å². The largest absolute Gasteiger partial charge is 0.399 e. The lowest BCUT2D eigenvalue weighted by Crippen LogP contribution is -2.27. The zero-order chi connectivity index (χ0) is 15.1. The van der Waals surface area contributed by atoms with Crippen LogP contribution in [0.25, 0.3) is 0 Å². The van der Waals surface area contributed by atoms with Crippen molar-refractivity contribution < 1.29 is 4.74 Å². The molecule has 1 heterocycles.